The molecule has 2 aromatic rings. The molecule has 30 heavy (non-hydrogen) atoms. The molecule has 7 heteroatoms. The van der Waals surface area contributed by atoms with Gasteiger partial charge >= 0.3 is 6.03 Å². The molecular formula is C23H29FN4O2. The van der Waals surface area contributed by atoms with Crippen molar-refractivity contribution in [2.24, 2.45) is 0 Å². The van der Waals surface area contributed by atoms with Crippen LogP contribution in [0, 0.1) is 5.82 Å². The Morgan fingerprint density at radius 3 is 2.37 bits per heavy atom. The molecule has 1 heterocycles. The fourth-order valence-electron chi connectivity index (χ4n) is 3.63. The summed E-state index contributed by atoms with van der Waals surface area (Å²) < 4.78 is 12.9. The molecule has 1 saturated heterocycles. The second-order valence-electron chi connectivity index (χ2n) is 7.95. The van der Waals surface area contributed by atoms with E-state index in [0.29, 0.717) is 18.2 Å². The third kappa shape index (κ3) is 6.29. The van der Waals surface area contributed by atoms with E-state index < -0.39 is 0 Å². The van der Waals surface area contributed by atoms with Gasteiger partial charge in [0.15, 0.2) is 0 Å². The molecule has 3 N–H and O–H groups in total. The summed E-state index contributed by atoms with van der Waals surface area (Å²) in [7, 11) is 0. The quantitative estimate of drug-likeness (QED) is 0.667. The molecule has 0 spiro atoms. The Balaban J connectivity index is 1.41. The summed E-state index contributed by atoms with van der Waals surface area (Å²) in [6.07, 6.45) is 1.54. The summed E-state index contributed by atoms with van der Waals surface area (Å²) in [5, 5.41) is 8.68. The van der Waals surface area contributed by atoms with Gasteiger partial charge < -0.3 is 16.0 Å². The van der Waals surface area contributed by atoms with E-state index in [2.05, 4.69) is 34.7 Å². The van der Waals surface area contributed by atoms with Crippen LogP contribution in [0.4, 0.5) is 20.6 Å². The summed E-state index contributed by atoms with van der Waals surface area (Å²) in [4.78, 5) is 26.7. The minimum Gasteiger partial charge on any atom is -0.335 e. The van der Waals surface area contributed by atoms with Crippen LogP contribution in [-0.4, -0.2) is 42.5 Å². The Kier molecular flexibility index (Phi) is 7.41. The van der Waals surface area contributed by atoms with Gasteiger partial charge in [-0.05, 0) is 54.7 Å². The van der Waals surface area contributed by atoms with Gasteiger partial charge in [-0.25, -0.2) is 9.18 Å². The summed E-state index contributed by atoms with van der Waals surface area (Å²) >= 11 is 0. The normalized spacial score (nSPS) is 15.1. The smallest absolute Gasteiger partial charge is 0.319 e. The van der Waals surface area contributed by atoms with E-state index >= 15 is 0 Å². The number of anilines is 2. The number of hydrogen-bond donors (Lipinski definition) is 3. The minimum absolute atomic E-state index is 0.0245. The van der Waals surface area contributed by atoms with E-state index in [-0.39, 0.29) is 23.8 Å². The molecule has 0 aliphatic carbocycles. The molecule has 160 valence electrons. The standard InChI is InChI=1S/C23H29FN4O2/c1-16(2)20-5-3-4-6-21(20)27-22(29)15-28-13-11-19(12-14-28)26-23(30)25-18-9-7-17(24)8-10-18/h3-10,16,19H,11-15H2,1-2H3,(H,27,29)(H2,25,26,30). The van der Waals surface area contributed by atoms with Crippen molar-refractivity contribution in [3.05, 3.63) is 59.9 Å². The lowest BCUT2D eigenvalue weighted by Crippen LogP contribution is -2.47. The van der Waals surface area contributed by atoms with Crippen molar-refractivity contribution >= 4 is 23.3 Å². The maximum absolute atomic E-state index is 12.9. The van der Waals surface area contributed by atoms with Crippen molar-refractivity contribution in [1.29, 1.82) is 0 Å². The number of benzene rings is 2. The fourth-order valence-corrected chi connectivity index (χ4v) is 3.63. The molecule has 0 bridgehead atoms. The Morgan fingerprint density at radius 2 is 1.70 bits per heavy atom. The van der Waals surface area contributed by atoms with E-state index in [9.17, 15) is 14.0 Å². The van der Waals surface area contributed by atoms with E-state index in [1.807, 2.05) is 24.3 Å². The monoisotopic (exact) mass is 412 g/mol. The van der Waals surface area contributed by atoms with E-state index in [4.69, 9.17) is 0 Å². The minimum atomic E-state index is -0.343. The first-order chi connectivity index (χ1) is 14.4. The van der Waals surface area contributed by atoms with Gasteiger partial charge in [-0.2, -0.15) is 0 Å². The van der Waals surface area contributed by atoms with Crippen LogP contribution in [-0.2, 0) is 4.79 Å². The van der Waals surface area contributed by atoms with Gasteiger partial charge in [-0.3, -0.25) is 9.69 Å². The predicted octanol–water partition coefficient (Wildman–Crippen LogP) is 4.17. The van der Waals surface area contributed by atoms with Crippen LogP contribution in [0.2, 0.25) is 0 Å². The summed E-state index contributed by atoms with van der Waals surface area (Å²) in [5.41, 5.74) is 2.54. The lowest BCUT2D eigenvalue weighted by atomic mass is 10.0. The van der Waals surface area contributed by atoms with Crippen molar-refractivity contribution in [1.82, 2.24) is 10.2 Å². The van der Waals surface area contributed by atoms with Crippen molar-refractivity contribution < 1.29 is 14.0 Å². The van der Waals surface area contributed by atoms with Gasteiger partial charge in [-0.1, -0.05) is 32.0 Å². The molecule has 1 aliphatic rings. The number of rotatable bonds is 6. The van der Waals surface area contributed by atoms with Crippen LogP contribution in [0.3, 0.4) is 0 Å². The average Bonchev–Trinajstić information content (AvgIpc) is 2.71. The maximum Gasteiger partial charge on any atom is 0.319 e. The zero-order valence-corrected chi connectivity index (χ0v) is 17.5. The lowest BCUT2D eigenvalue weighted by molar-refractivity contribution is -0.117. The number of carbonyl (C=O) groups is 2. The second-order valence-corrected chi connectivity index (χ2v) is 7.95. The Hall–Kier alpha value is -2.93. The van der Waals surface area contributed by atoms with Gasteiger partial charge in [-0.15, -0.1) is 0 Å². The Morgan fingerprint density at radius 1 is 1.03 bits per heavy atom. The van der Waals surface area contributed by atoms with Gasteiger partial charge in [0.25, 0.3) is 0 Å². The topological polar surface area (TPSA) is 73.5 Å². The van der Waals surface area contributed by atoms with Gasteiger partial charge in [0, 0.05) is 30.5 Å². The van der Waals surface area contributed by atoms with Crippen LogP contribution in [0.1, 0.15) is 38.2 Å². The Bertz CT molecular complexity index is 862. The number of urea groups is 1. The highest BCUT2D eigenvalue weighted by Crippen LogP contribution is 2.23. The van der Waals surface area contributed by atoms with Crippen LogP contribution in [0.25, 0.3) is 0 Å². The molecule has 2 aromatic carbocycles. The molecule has 3 rings (SSSR count). The molecule has 0 aromatic heterocycles. The number of carbonyl (C=O) groups excluding carboxylic acids is 2. The highest BCUT2D eigenvalue weighted by atomic mass is 19.1. The molecule has 3 amide bonds. The maximum atomic E-state index is 12.9. The van der Waals surface area contributed by atoms with Crippen molar-refractivity contribution in [3.8, 4) is 0 Å². The number of para-hydroxylation sites is 1. The number of hydrogen-bond acceptors (Lipinski definition) is 3. The molecule has 0 unspecified atom stereocenters. The number of nitrogens with zero attached hydrogens (tertiary/aromatic N) is 1. The van der Waals surface area contributed by atoms with Gasteiger partial charge in [0.2, 0.25) is 5.91 Å². The van der Waals surface area contributed by atoms with E-state index in [1.54, 1.807) is 0 Å². The van der Waals surface area contributed by atoms with Crippen molar-refractivity contribution in [3.63, 3.8) is 0 Å². The van der Waals surface area contributed by atoms with Gasteiger partial charge in [0.1, 0.15) is 5.82 Å². The molecule has 1 fully saturated rings. The first kappa shape index (κ1) is 21.8. The number of amides is 3. The highest BCUT2D eigenvalue weighted by Gasteiger charge is 2.22. The van der Waals surface area contributed by atoms with Crippen LogP contribution < -0.4 is 16.0 Å². The largest absolute Gasteiger partial charge is 0.335 e. The average molecular weight is 413 g/mol. The number of halogens is 1. The zero-order valence-electron chi connectivity index (χ0n) is 17.5. The zero-order chi connectivity index (χ0) is 21.5. The Labute approximate surface area is 176 Å². The van der Waals surface area contributed by atoms with Crippen LogP contribution >= 0.6 is 0 Å². The van der Waals surface area contributed by atoms with E-state index in [1.165, 1.54) is 24.3 Å². The molecule has 6 nitrogen and oxygen atoms in total. The highest BCUT2D eigenvalue weighted by molar-refractivity contribution is 5.93. The molecule has 0 radical (unpaired) electrons. The first-order valence-corrected chi connectivity index (χ1v) is 10.3. The predicted molar refractivity (Wildman–Crippen MR) is 117 cm³/mol. The van der Waals surface area contributed by atoms with Crippen LogP contribution in [0.5, 0.6) is 0 Å². The van der Waals surface area contributed by atoms with Gasteiger partial charge in [0.05, 0.1) is 6.54 Å². The number of likely N-dealkylation sites (tertiary alicyclic amines) is 1. The molecule has 0 saturated carbocycles. The number of nitrogens with one attached hydrogen (secondary N) is 3. The SMILES string of the molecule is CC(C)c1ccccc1NC(=O)CN1CCC(NC(=O)Nc2ccc(F)cc2)CC1. The third-order valence-corrected chi connectivity index (χ3v) is 5.25. The molecular weight excluding hydrogens is 383 g/mol. The molecule has 1 aliphatic heterocycles. The second kappa shape index (κ2) is 10.2. The summed E-state index contributed by atoms with van der Waals surface area (Å²) in [6, 6.07) is 13.3. The molecule has 0 atom stereocenters. The fraction of sp³-hybridized carbons (Fsp3) is 0.391. The first-order valence-electron chi connectivity index (χ1n) is 10.3. The third-order valence-electron chi connectivity index (χ3n) is 5.25. The summed E-state index contributed by atoms with van der Waals surface area (Å²) in [5.74, 6) is -0.0296. The van der Waals surface area contributed by atoms with E-state index in [0.717, 1.165) is 37.2 Å². The number of piperidine rings is 1. The van der Waals surface area contributed by atoms with Crippen molar-refractivity contribution in [2.75, 3.05) is 30.3 Å². The van der Waals surface area contributed by atoms with Crippen LogP contribution in [0.15, 0.2) is 48.5 Å². The van der Waals surface area contributed by atoms with Crippen molar-refractivity contribution in [2.45, 2.75) is 38.6 Å². The summed E-state index contributed by atoms with van der Waals surface area (Å²) in [6.45, 7) is 6.02. The lowest BCUT2D eigenvalue weighted by Gasteiger charge is -2.32.